The molecule has 1 aromatic rings. The van der Waals surface area contributed by atoms with E-state index in [0.717, 1.165) is 28.6 Å². The van der Waals surface area contributed by atoms with Crippen LogP contribution in [-0.4, -0.2) is 12.5 Å². The van der Waals surface area contributed by atoms with Crippen LogP contribution in [-0.2, 0) is 0 Å². The quantitative estimate of drug-likeness (QED) is 0.819. The van der Waals surface area contributed by atoms with Crippen molar-refractivity contribution >= 4 is 21.8 Å². The summed E-state index contributed by atoms with van der Waals surface area (Å²) in [4.78, 5) is 12.0. The molecular formula is C16H20BrNO. The first kappa shape index (κ1) is 14.3. The summed E-state index contributed by atoms with van der Waals surface area (Å²) >= 11 is 3.44. The lowest BCUT2D eigenvalue weighted by Gasteiger charge is -2.13. The van der Waals surface area contributed by atoms with Crippen molar-refractivity contribution in [3.63, 3.8) is 0 Å². The molecular weight excluding hydrogens is 302 g/mol. The maximum atomic E-state index is 12.0. The van der Waals surface area contributed by atoms with Crippen molar-refractivity contribution < 1.29 is 4.79 Å². The standard InChI is InChI=1S/C16H20BrNO/c1-12-11-14(7-8-15(12)17)16(19)18-10-9-13-5-3-2-4-6-13/h5,7-8,11H,2-4,6,9-10H2,1H3,(H,18,19). The SMILES string of the molecule is Cc1cc(C(=O)NCCC2=CCCCC2)ccc1Br. The second-order valence-corrected chi connectivity index (χ2v) is 5.93. The number of rotatable bonds is 4. The number of aryl methyl sites for hydroxylation is 1. The largest absolute Gasteiger partial charge is 0.352 e. The van der Waals surface area contributed by atoms with Gasteiger partial charge in [0, 0.05) is 16.6 Å². The smallest absolute Gasteiger partial charge is 0.251 e. The van der Waals surface area contributed by atoms with E-state index in [0.29, 0.717) is 0 Å². The molecule has 2 rings (SSSR count). The van der Waals surface area contributed by atoms with Gasteiger partial charge in [0.05, 0.1) is 0 Å². The zero-order chi connectivity index (χ0) is 13.7. The minimum atomic E-state index is 0.0204. The molecule has 3 heteroatoms. The van der Waals surface area contributed by atoms with Gasteiger partial charge in [0.15, 0.2) is 0 Å². The van der Waals surface area contributed by atoms with E-state index in [1.807, 2.05) is 25.1 Å². The Balaban J connectivity index is 1.83. The minimum absolute atomic E-state index is 0.0204. The van der Waals surface area contributed by atoms with Crippen molar-refractivity contribution in [2.24, 2.45) is 0 Å². The summed E-state index contributed by atoms with van der Waals surface area (Å²) in [7, 11) is 0. The molecule has 0 atom stereocenters. The van der Waals surface area contributed by atoms with Crippen molar-refractivity contribution in [1.82, 2.24) is 5.32 Å². The Hall–Kier alpha value is -1.09. The number of hydrogen-bond donors (Lipinski definition) is 1. The Morgan fingerprint density at radius 2 is 2.21 bits per heavy atom. The summed E-state index contributed by atoms with van der Waals surface area (Å²) in [6.07, 6.45) is 8.34. The molecule has 0 heterocycles. The van der Waals surface area contributed by atoms with E-state index in [2.05, 4.69) is 27.3 Å². The summed E-state index contributed by atoms with van der Waals surface area (Å²) in [5, 5.41) is 3.00. The van der Waals surface area contributed by atoms with E-state index >= 15 is 0 Å². The second kappa shape index (κ2) is 6.90. The fourth-order valence-electron chi connectivity index (χ4n) is 2.36. The first-order chi connectivity index (χ1) is 9.16. The van der Waals surface area contributed by atoms with Crippen molar-refractivity contribution in [2.45, 2.75) is 39.0 Å². The van der Waals surface area contributed by atoms with Crippen LogP contribution in [0.2, 0.25) is 0 Å². The van der Waals surface area contributed by atoms with Gasteiger partial charge in [0.1, 0.15) is 0 Å². The van der Waals surface area contributed by atoms with Gasteiger partial charge in [-0.1, -0.05) is 27.6 Å². The van der Waals surface area contributed by atoms with Crippen LogP contribution in [0.15, 0.2) is 34.3 Å². The summed E-state index contributed by atoms with van der Waals surface area (Å²) in [6, 6.07) is 5.69. The highest BCUT2D eigenvalue weighted by atomic mass is 79.9. The predicted octanol–water partition coefficient (Wildman–Crippen LogP) is 4.38. The maximum absolute atomic E-state index is 12.0. The molecule has 0 saturated heterocycles. The molecule has 0 bridgehead atoms. The van der Waals surface area contributed by atoms with Crippen LogP contribution >= 0.6 is 15.9 Å². The van der Waals surface area contributed by atoms with Crippen LogP contribution in [0.1, 0.15) is 48.0 Å². The topological polar surface area (TPSA) is 29.1 Å². The molecule has 0 spiro atoms. The lowest BCUT2D eigenvalue weighted by molar-refractivity contribution is 0.0954. The Labute approximate surface area is 123 Å². The number of hydrogen-bond acceptors (Lipinski definition) is 1. The number of carbonyl (C=O) groups is 1. The van der Waals surface area contributed by atoms with Crippen LogP contribution < -0.4 is 5.32 Å². The van der Waals surface area contributed by atoms with Gasteiger partial charge in [-0.3, -0.25) is 4.79 Å². The molecule has 1 amide bonds. The summed E-state index contributed by atoms with van der Waals surface area (Å²) in [6.45, 7) is 2.73. The Morgan fingerprint density at radius 1 is 1.37 bits per heavy atom. The molecule has 0 fully saturated rings. The molecule has 1 aliphatic rings. The van der Waals surface area contributed by atoms with Crippen molar-refractivity contribution in [1.29, 1.82) is 0 Å². The molecule has 0 radical (unpaired) electrons. The highest BCUT2D eigenvalue weighted by Crippen LogP contribution is 2.20. The highest BCUT2D eigenvalue weighted by molar-refractivity contribution is 9.10. The third kappa shape index (κ3) is 4.20. The number of nitrogens with one attached hydrogen (secondary N) is 1. The van der Waals surface area contributed by atoms with Gasteiger partial charge in [-0.25, -0.2) is 0 Å². The van der Waals surface area contributed by atoms with Crippen molar-refractivity contribution in [3.05, 3.63) is 45.4 Å². The lowest BCUT2D eigenvalue weighted by atomic mass is 9.97. The van der Waals surface area contributed by atoms with E-state index in [1.165, 1.54) is 31.3 Å². The fraction of sp³-hybridized carbons (Fsp3) is 0.438. The highest BCUT2D eigenvalue weighted by Gasteiger charge is 2.08. The van der Waals surface area contributed by atoms with Crippen LogP contribution in [0.3, 0.4) is 0 Å². The molecule has 1 N–H and O–H groups in total. The fourth-order valence-corrected chi connectivity index (χ4v) is 2.60. The van der Waals surface area contributed by atoms with Gasteiger partial charge in [0.25, 0.3) is 5.91 Å². The van der Waals surface area contributed by atoms with Gasteiger partial charge in [-0.05, 0) is 62.8 Å². The molecule has 1 aromatic carbocycles. The van der Waals surface area contributed by atoms with Crippen molar-refractivity contribution in [2.75, 3.05) is 6.54 Å². The maximum Gasteiger partial charge on any atom is 0.251 e. The van der Waals surface area contributed by atoms with Crippen LogP contribution in [0.4, 0.5) is 0 Å². The van der Waals surface area contributed by atoms with Crippen molar-refractivity contribution in [3.8, 4) is 0 Å². The number of halogens is 1. The van der Waals surface area contributed by atoms with Gasteiger partial charge < -0.3 is 5.32 Å². The van der Waals surface area contributed by atoms with E-state index in [4.69, 9.17) is 0 Å². The number of amides is 1. The zero-order valence-corrected chi connectivity index (χ0v) is 12.9. The molecule has 19 heavy (non-hydrogen) atoms. The van der Waals surface area contributed by atoms with Gasteiger partial charge in [-0.2, -0.15) is 0 Å². The first-order valence-electron chi connectivity index (χ1n) is 6.89. The average molecular weight is 322 g/mol. The third-order valence-electron chi connectivity index (χ3n) is 3.54. The molecule has 2 nitrogen and oxygen atoms in total. The normalized spacial score (nSPS) is 14.9. The number of carbonyl (C=O) groups excluding carboxylic acids is 1. The number of allylic oxidation sites excluding steroid dienone is 1. The Morgan fingerprint density at radius 3 is 2.89 bits per heavy atom. The predicted molar refractivity (Wildman–Crippen MR) is 82.4 cm³/mol. The molecule has 0 aliphatic heterocycles. The second-order valence-electron chi connectivity index (χ2n) is 5.08. The number of benzene rings is 1. The van der Waals surface area contributed by atoms with E-state index in [9.17, 15) is 4.79 Å². The molecule has 1 aliphatic carbocycles. The lowest BCUT2D eigenvalue weighted by Crippen LogP contribution is -2.24. The monoisotopic (exact) mass is 321 g/mol. The summed E-state index contributed by atoms with van der Waals surface area (Å²) in [5.41, 5.74) is 3.32. The van der Waals surface area contributed by atoms with E-state index in [1.54, 1.807) is 0 Å². The zero-order valence-electron chi connectivity index (χ0n) is 11.3. The Bertz CT molecular complexity index is 494. The van der Waals surface area contributed by atoms with Gasteiger partial charge in [0.2, 0.25) is 0 Å². The molecule has 102 valence electrons. The van der Waals surface area contributed by atoms with Crippen LogP contribution in [0, 0.1) is 6.92 Å². The summed E-state index contributed by atoms with van der Waals surface area (Å²) in [5.74, 6) is 0.0204. The van der Waals surface area contributed by atoms with Crippen LogP contribution in [0.25, 0.3) is 0 Å². The Kier molecular flexibility index (Phi) is 5.20. The van der Waals surface area contributed by atoms with Crippen LogP contribution in [0.5, 0.6) is 0 Å². The molecule has 0 saturated carbocycles. The molecule has 0 aromatic heterocycles. The molecule has 0 unspecified atom stereocenters. The van der Waals surface area contributed by atoms with E-state index in [-0.39, 0.29) is 5.91 Å². The van der Waals surface area contributed by atoms with E-state index < -0.39 is 0 Å². The van der Waals surface area contributed by atoms with Gasteiger partial charge >= 0.3 is 0 Å². The minimum Gasteiger partial charge on any atom is -0.352 e. The van der Waals surface area contributed by atoms with Gasteiger partial charge in [-0.15, -0.1) is 0 Å². The third-order valence-corrected chi connectivity index (χ3v) is 4.43. The average Bonchev–Trinajstić information content (AvgIpc) is 2.43. The summed E-state index contributed by atoms with van der Waals surface area (Å²) < 4.78 is 1.04. The first-order valence-corrected chi connectivity index (χ1v) is 7.68.